The summed E-state index contributed by atoms with van der Waals surface area (Å²) in [6, 6.07) is 16.5. The molecule has 0 aromatic heterocycles. The summed E-state index contributed by atoms with van der Waals surface area (Å²) < 4.78 is 5.85. The van der Waals surface area contributed by atoms with Gasteiger partial charge >= 0.3 is 0 Å². The number of hydrogen-bond acceptors (Lipinski definition) is 3. The van der Waals surface area contributed by atoms with E-state index >= 15 is 0 Å². The number of ether oxygens (including phenoxy) is 1. The summed E-state index contributed by atoms with van der Waals surface area (Å²) in [6.07, 6.45) is 0. The molecule has 98 valence electrons. The van der Waals surface area contributed by atoms with Gasteiger partial charge in [0.2, 0.25) is 0 Å². The maximum absolute atomic E-state index is 5.85. The molecule has 1 unspecified atom stereocenters. The summed E-state index contributed by atoms with van der Waals surface area (Å²) in [6.45, 7) is 1.44. The van der Waals surface area contributed by atoms with E-state index in [1.807, 2.05) is 36.0 Å². The van der Waals surface area contributed by atoms with Crippen LogP contribution in [0.3, 0.4) is 0 Å². The van der Waals surface area contributed by atoms with E-state index < -0.39 is 0 Å². The number of nitrogen functional groups attached to an aromatic ring is 1. The average Bonchev–Trinajstić information content (AvgIpc) is 2.85. The van der Waals surface area contributed by atoms with Crippen molar-refractivity contribution in [2.24, 2.45) is 0 Å². The third-order valence-corrected chi connectivity index (χ3v) is 4.62. The fraction of sp³-hybridized carbons (Fsp3) is 0.250. The molecule has 2 aromatic rings. The van der Waals surface area contributed by atoms with Crippen LogP contribution in [0.1, 0.15) is 17.0 Å². The Balaban J connectivity index is 1.55. The molecule has 19 heavy (non-hydrogen) atoms. The molecule has 3 heteroatoms. The van der Waals surface area contributed by atoms with E-state index in [9.17, 15) is 0 Å². The molecular formula is C16H17NOS. The van der Waals surface area contributed by atoms with Crippen molar-refractivity contribution in [2.45, 2.75) is 17.4 Å². The lowest BCUT2D eigenvalue weighted by Crippen LogP contribution is -2.07. The minimum absolute atomic E-state index is 0.523. The first-order valence-electron chi connectivity index (χ1n) is 6.47. The molecule has 0 aliphatic carbocycles. The second-order valence-electron chi connectivity index (χ2n) is 4.80. The van der Waals surface area contributed by atoms with Gasteiger partial charge in [-0.3, -0.25) is 0 Å². The van der Waals surface area contributed by atoms with Gasteiger partial charge < -0.3 is 10.5 Å². The van der Waals surface area contributed by atoms with Crippen LogP contribution in [-0.2, 0) is 11.3 Å². The second kappa shape index (κ2) is 5.68. The van der Waals surface area contributed by atoms with Crippen molar-refractivity contribution in [3.8, 4) is 0 Å². The Kier molecular flexibility index (Phi) is 3.76. The van der Waals surface area contributed by atoms with Crippen LogP contribution >= 0.6 is 11.8 Å². The first kappa shape index (κ1) is 12.6. The summed E-state index contributed by atoms with van der Waals surface area (Å²) in [7, 11) is 0. The van der Waals surface area contributed by atoms with Gasteiger partial charge in [0.25, 0.3) is 0 Å². The van der Waals surface area contributed by atoms with Crippen LogP contribution < -0.4 is 5.73 Å². The third-order valence-electron chi connectivity index (χ3n) is 3.37. The van der Waals surface area contributed by atoms with Crippen LogP contribution in [0.4, 0.5) is 5.69 Å². The highest BCUT2D eigenvalue weighted by atomic mass is 32.2. The van der Waals surface area contributed by atoms with Gasteiger partial charge in [0.15, 0.2) is 0 Å². The van der Waals surface area contributed by atoms with E-state index in [4.69, 9.17) is 10.5 Å². The van der Waals surface area contributed by atoms with E-state index in [1.165, 1.54) is 16.0 Å². The summed E-state index contributed by atoms with van der Waals surface area (Å²) >= 11 is 1.93. The van der Waals surface area contributed by atoms with E-state index in [-0.39, 0.29) is 0 Å². The number of nitrogens with two attached hydrogens (primary N) is 1. The Morgan fingerprint density at radius 3 is 2.74 bits per heavy atom. The number of anilines is 1. The van der Waals surface area contributed by atoms with Crippen molar-refractivity contribution in [1.29, 1.82) is 0 Å². The summed E-state index contributed by atoms with van der Waals surface area (Å²) in [4.78, 5) is 1.41. The Labute approximate surface area is 118 Å². The number of rotatable bonds is 4. The Bertz CT molecular complexity index is 553. The summed E-state index contributed by atoms with van der Waals surface area (Å²) in [5.41, 5.74) is 9.07. The van der Waals surface area contributed by atoms with Gasteiger partial charge in [-0.1, -0.05) is 30.3 Å². The molecule has 0 bridgehead atoms. The SMILES string of the molecule is Nc1ccc(COCC2CSc3ccccc32)cc1. The van der Waals surface area contributed by atoms with Gasteiger partial charge in [-0.2, -0.15) is 0 Å². The van der Waals surface area contributed by atoms with E-state index in [1.54, 1.807) is 0 Å². The smallest absolute Gasteiger partial charge is 0.0717 e. The molecule has 0 fully saturated rings. The Hall–Kier alpha value is -1.45. The number of hydrogen-bond donors (Lipinski definition) is 1. The summed E-state index contributed by atoms with van der Waals surface area (Å²) in [5.74, 6) is 1.65. The maximum atomic E-state index is 5.85. The predicted octanol–water partition coefficient (Wildman–Crippen LogP) is 3.67. The zero-order valence-electron chi connectivity index (χ0n) is 10.7. The lowest BCUT2D eigenvalue weighted by atomic mass is 10.0. The molecule has 0 spiro atoms. The third kappa shape index (κ3) is 2.94. The molecule has 2 nitrogen and oxygen atoms in total. The normalized spacial score (nSPS) is 17.4. The number of fused-ring (bicyclic) bond motifs is 1. The van der Waals surface area contributed by atoms with Gasteiger partial charge in [0, 0.05) is 22.3 Å². The molecule has 3 rings (SSSR count). The van der Waals surface area contributed by atoms with E-state index in [2.05, 4.69) is 24.3 Å². The van der Waals surface area contributed by atoms with Crippen LogP contribution in [-0.4, -0.2) is 12.4 Å². The zero-order valence-corrected chi connectivity index (χ0v) is 11.5. The quantitative estimate of drug-likeness (QED) is 0.862. The topological polar surface area (TPSA) is 35.2 Å². The molecule has 0 amide bonds. The largest absolute Gasteiger partial charge is 0.399 e. The molecule has 1 heterocycles. The fourth-order valence-corrected chi connectivity index (χ4v) is 3.53. The molecular weight excluding hydrogens is 254 g/mol. The number of benzene rings is 2. The predicted molar refractivity (Wildman–Crippen MR) is 80.4 cm³/mol. The van der Waals surface area contributed by atoms with Crippen LogP contribution in [0.5, 0.6) is 0 Å². The van der Waals surface area contributed by atoms with Crippen LogP contribution in [0.15, 0.2) is 53.4 Å². The zero-order chi connectivity index (χ0) is 13.1. The second-order valence-corrected chi connectivity index (χ2v) is 5.86. The molecule has 0 saturated carbocycles. The minimum Gasteiger partial charge on any atom is -0.399 e. The van der Waals surface area contributed by atoms with Crippen LogP contribution in [0, 0.1) is 0 Å². The standard InChI is InChI=1S/C16H17NOS/c17-14-7-5-12(6-8-14)9-18-10-13-11-19-16-4-2-1-3-15(13)16/h1-8,13H,9-11,17H2. The van der Waals surface area contributed by atoms with E-state index in [0.717, 1.165) is 18.0 Å². The van der Waals surface area contributed by atoms with Crippen LogP contribution in [0.2, 0.25) is 0 Å². The first-order chi connectivity index (χ1) is 9.33. The lowest BCUT2D eigenvalue weighted by molar-refractivity contribution is 0.111. The Morgan fingerprint density at radius 1 is 1.11 bits per heavy atom. The fourth-order valence-electron chi connectivity index (χ4n) is 2.30. The molecule has 2 aromatic carbocycles. The summed E-state index contributed by atoms with van der Waals surface area (Å²) in [5, 5.41) is 0. The average molecular weight is 271 g/mol. The van der Waals surface area contributed by atoms with Crippen molar-refractivity contribution in [1.82, 2.24) is 0 Å². The monoisotopic (exact) mass is 271 g/mol. The number of thioether (sulfide) groups is 1. The lowest BCUT2D eigenvalue weighted by Gasteiger charge is -2.11. The molecule has 1 atom stereocenters. The van der Waals surface area contributed by atoms with Crippen molar-refractivity contribution >= 4 is 17.4 Å². The van der Waals surface area contributed by atoms with Gasteiger partial charge in [-0.05, 0) is 29.3 Å². The van der Waals surface area contributed by atoms with Crippen molar-refractivity contribution < 1.29 is 4.74 Å². The van der Waals surface area contributed by atoms with E-state index in [0.29, 0.717) is 12.5 Å². The molecule has 2 N–H and O–H groups in total. The maximum Gasteiger partial charge on any atom is 0.0717 e. The molecule has 0 saturated heterocycles. The molecule has 1 aliphatic heterocycles. The van der Waals surface area contributed by atoms with Gasteiger partial charge in [0.1, 0.15) is 0 Å². The Morgan fingerprint density at radius 2 is 1.89 bits per heavy atom. The van der Waals surface area contributed by atoms with Gasteiger partial charge in [0.05, 0.1) is 13.2 Å². The van der Waals surface area contributed by atoms with Gasteiger partial charge in [-0.25, -0.2) is 0 Å². The highest BCUT2D eigenvalue weighted by molar-refractivity contribution is 7.99. The first-order valence-corrected chi connectivity index (χ1v) is 7.45. The van der Waals surface area contributed by atoms with Crippen molar-refractivity contribution in [3.05, 3.63) is 59.7 Å². The van der Waals surface area contributed by atoms with Crippen LogP contribution in [0.25, 0.3) is 0 Å². The minimum atomic E-state index is 0.523. The van der Waals surface area contributed by atoms with Gasteiger partial charge in [-0.15, -0.1) is 11.8 Å². The molecule has 1 aliphatic rings. The van der Waals surface area contributed by atoms with Crippen molar-refractivity contribution in [3.63, 3.8) is 0 Å². The molecule has 0 radical (unpaired) electrons. The highest BCUT2D eigenvalue weighted by Gasteiger charge is 2.22. The van der Waals surface area contributed by atoms with Crippen molar-refractivity contribution in [2.75, 3.05) is 18.1 Å². The highest BCUT2D eigenvalue weighted by Crippen LogP contribution is 2.39.